The van der Waals surface area contributed by atoms with Crippen molar-refractivity contribution >= 4 is 34.8 Å². The Morgan fingerprint density at radius 1 is 1.04 bits per heavy atom. The van der Waals surface area contributed by atoms with Crippen LogP contribution >= 0.6 is 23.2 Å². The van der Waals surface area contributed by atoms with E-state index in [1.54, 1.807) is 24.8 Å². The van der Waals surface area contributed by atoms with Crippen LogP contribution in [0, 0.1) is 13.8 Å². The molecule has 0 aliphatic carbocycles. The third-order valence-corrected chi connectivity index (χ3v) is 4.43. The van der Waals surface area contributed by atoms with Crippen LogP contribution in [0.2, 0.25) is 10.0 Å². The smallest absolute Gasteiger partial charge is 0.228 e. The molecule has 2 heterocycles. The lowest BCUT2D eigenvalue weighted by atomic mass is 10.1. The van der Waals surface area contributed by atoms with Gasteiger partial charge >= 0.3 is 0 Å². The van der Waals surface area contributed by atoms with E-state index in [1.807, 2.05) is 26.0 Å². The van der Waals surface area contributed by atoms with E-state index in [9.17, 15) is 0 Å². The lowest BCUT2D eigenvalue weighted by molar-refractivity contribution is 0.126. The van der Waals surface area contributed by atoms with Crippen LogP contribution in [0.25, 0.3) is 16.8 Å². The van der Waals surface area contributed by atoms with Gasteiger partial charge < -0.3 is 14.8 Å². The van der Waals surface area contributed by atoms with Crippen LogP contribution < -0.4 is 5.32 Å². The third-order valence-electron chi connectivity index (χ3n) is 3.99. The van der Waals surface area contributed by atoms with Crippen molar-refractivity contribution in [3.8, 4) is 11.1 Å². The van der Waals surface area contributed by atoms with E-state index in [-0.39, 0.29) is 6.04 Å². The van der Waals surface area contributed by atoms with Crippen molar-refractivity contribution in [2.75, 3.05) is 32.8 Å². The van der Waals surface area contributed by atoms with Crippen molar-refractivity contribution in [3.63, 3.8) is 0 Å². The topological polar surface area (TPSA) is 73.6 Å². The molecule has 0 aliphatic rings. The summed E-state index contributed by atoms with van der Waals surface area (Å²) in [6.07, 6.45) is 0. The van der Waals surface area contributed by atoms with Crippen LogP contribution in [0.15, 0.2) is 18.2 Å². The van der Waals surface area contributed by atoms with Crippen molar-refractivity contribution in [2.24, 2.45) is 0 Å². The molecule has 0 radical (unpaired) electrons. The molecule has 3 rings (SSSR count). The molecule has 2 aromatic heterocycles. The monoisotopic (exact) mass is 409 g/mol. The molecule has 0 atom stereocenters. The highest BCUT2D eigenvalue weighted by molar-refractivity contribution is 6.35. The number of fused-ring (bicyclic) bond motifs is 1. The van der Waals surface area contributed by atoms with Crippen molar-refractivity contribution in [2.45, 2.75) is 19.9 Å². The molecule has 0 spiro atoms. The van der Waals surface area contributed by atoms with Gasteiger partial charge in [-0.15, -0.1) is 0 Å². The van der Waals surface area contributed by atoms with Gasteiger partial charge in [0.05, 0.1) is 24.9 Å². The van der Waals surface area contributed by atoms with Gasteiger partial charge in [-0.2, -0.15) is 14.6 Å². The van der Waals surface area contributed by atoms with Crippen LogP contribution in [0.4, 0.5) is 5.95 Å². The Bertz CT molecular complexity index is 934. The number of anilines is 1. The van der Waals surface area contributed by atoms with Gasteiger partial charge in [0.1, 0.15) is 5.82 Å². The van der Waals surface area contributed by atoms with Crippen molar-refractivity contribution in [1.82, 2.24) is 19.6 Å². The van der Waals surface area contributed by atoms with Crippen molar-refractivity contribution in [1.29, 1.82) is 0 Å². The Hall–Kier alpha value is -1.93. The lowest BCUT2D eigenvalue weighted by Crippen LogP contribution is -2.31. The highest BCUT2D eigenvalue weighted by Crippen LogP contribution is 2.32. The van der Waals surface area contributed by atoms with Crippen LogP contribution in [0.1, 0.15) is 11.5 Å². The molecule has 0 aliphatic heterocycles. The van der Waals surface area contributed by atoms with Gasteiger partial charge in [-0.05, 0) is 37.6 Å². The minimum Gasteiger partial charge on any atom is -0.382 e. The number of ether oxygens (including phenoxy) is 2. The quantitative estimate of drug-likeness (QED) is 0.639. The zero-order chi connectivity index (χ0) is 19.6. The molecule has 0 fully saturated rings. The van der Waals surface area contributed by atoms with Crippen LogP contribution in [-0.2, 0) is 9.47 Å². The Labute approximate surface area is 167 Å². The highest BCUT2D eigenvalue weighted by Gasteiger charge is 2.19. The molecule has 144 valence electrons. The van der Waals surface area contributed by atoms with E-state index in [4.69, 9.17) is 32.7 Å². The van der Waals surface area contributed by atoms with E-state index < -0.39 is 0 Å². The first-order valence-electron chi connectivity index (χ1n) is 8.37. The number of benzene rings is 1. The molecule has 0 saturated carbocycles. The molecule has 0 bridgehead atoms. The fourth-order valence-electron chi connectivity index (χ4n) is 2.99. The number of nitrogens with zero attached hydrogens (tertiary/aromatic N) is 4. The molecule has 0 amide bonds. The number of hydrogen-bond donors (Lipinski definition) is 1. The first-order chi connectivity index (χ1) is 12.9. The van der Waals surface area contributed by atoms with Crippen molar-refractivity contribution in [3.05, 3.63) is 39.8 Å². The van der Waals surface area contributed by atoms with Gasteiger partial charge in [-0.3, -0.25) is 0 Å². The molecule has 1 aromatic carbocycles. The van der Waals surface area contributed by atoms with Gasteiger partial charge in [0, 0.05) is 29.8 Å². The lowest BCUT2D eigenvalue weighted by Gasteiger charge is -2.18. The Morgan fingerprint density at radius 2 is 1.67 bits per heavy atom. The second-order valence-corrected chi connectivity index (χ2v) is 7.07. The zero-order valence-corrected chi connectivity index (χ0v) is 17.1. The van der Waals surface area contributed by atoms with E-state index in [2.05, 4.69) is 20.4 Å². The standard InChI is InChI=1S/C18H21Cl2N5O2/c1-10-16(12-5-13(19)7-14(20)6-12)17-21-11(2)22-18(25(17)24-10)23-15(8-26-3)9-27-4/h5-7,15H,8-9H2,1-4H3,(H,21,22,23). The fraction of sp³-hybridized carbons (Fsp3) is 0.389. The maximum atomic E-state index is 6.19. The summed E-state index contributed by atoms with van der Waals surface area (Å²) >= 11 is 12.4. The SMILES string of the molecule is COCC(COC)Nc1nc(C)nc2c(-c3cc(Cl)cc(Cl)c3)c(C)nn12. The second-order valence-electron chi connectivity index (χ2n) is 6.20. The number of nitrogens with one attached hydrogen (secondary N) is 1. The maximum absolute atomic E-state index is 6.19. The maximum Gasteiger partial charge on any atom is 0.228 e. The van der Waals surface area contributed by atoms with Crippen LogP contribution in [0.3, 0.4) is 0 Å². The van der Waals surface area contributed by atoms with Gasteiger partial charge in [0.25, 0.3) is 0 Å². The average Bonchev–Trinajstić information content (AvgIpc) is 2.90. The molecule has 9 heteroatoms. The van der Waals surface area contributed by atoms with Gasteiger partial charge in [0.15, 0.2) is 5.65 Å². The first kappa shape index (κ1) is 19.8. The number of methoxy groups -OCH3 is 2. The summed E-state index contributed by atoms with van der Waals surface area (Å²) in [5.41, 5.74) is 3.19. The molecule has 0 saturated heterocycles. The largest absolute Gasteiger partial charge is 0.382 e. The normalized spacial score (nSPS) is 11.5. The summed E-state index contributed by atoms with van der Waals surface area (Å²) in [7, 11) is 3.29. The van der Waals surface area contributed by atoms with Gasteiger partial charge in [-0.1, -0.05) is 23.2 Å². The summed E-state index contributed by atoms with van der Waals surface area (Å²) in [6.45, 7) is 4.69. The van der Waals surface area contributed by atoms with Crippen molar-refractivity contribution < 1.29 is 9.47 Å². The minimum atomic E-state index is -0.0777. The zero-order valence-electron chi connectivity index (χ0n) is 15.6. The highest BCUT2D eigenvalue weighted by atomic mass is 35.5. The predicted molar refractivity (Wildman–Crippen MR) is 107 cm³/mol. The number of aryl methyl sites for hydroxylation is 2. The summed E-state index contributed by atoms with van der Waals surface area (Å²) in [6, 6.07) is 5.31. The molecule has 7 nitrogen and oxygen atoms in total. The number of halogens is 2. The Balaban J connectivity index is 2.13. The van der Waals surface area contributed by atoms with Crippen LogP contribution in [0.5, 0.6) is 0 Å². The third kappa shape index (κ3) is 4.32. The Kier molecular flexibility index (Phi) is 6.16. The second kappa shape index (κ2) is 8.39. The fourth-order valence-corrected chi connectivity index (χ4v) is 3.52. The van der Waals surface area contributed by atoms with Crippen LogP contribution in [-0.4, -0.2) is 53.1 Å². The first-order valence-corrected chi connectivity index (χ1v) is 9.13. The number of rotatable bonds is 7. The molecular weight excluding hydrogens is 389 g/mol. The van der Waals surface area contributed by atoms with E-state index in [1.165, 1.54) is 0 Å². The van der Waals surface area contributed by atoms with Gasteiger partial charge in [0.2, 0.25) is 5.95 Å². The van der Waals surface area contributed by atoms with E-state index in [0.717, 1.165) is 16.8 Å². The summed E-state index contributed by atoms with van der Waals surface area (Å²) < 4.78 is 12.2. The van der Waals surface area contributed by atoms with E-state index >= 15 is 0 Å². The molecule has 3 aromatic rings. The summed E-state index contributed by atoms with van der Waals surface area (Å²) in [4.78, 5) is 9.10. The molecule has 0 unspecified atom stereocenters. The predicted octanol–water partition coefficient (Wildman–Crippen LogP) is 3.79. The molecular formula is C18H21Cl2N5O2. The summed E-state index contributed by atoms with van der Waals surface area (Å²) in [5, 5.41) is 9.06. The summed E-state index contributed by atoms with van der Waals surface area (Å²) in [5.74, 6) is 1.19. The average molecular weight is 410 g/mol. The van der Waals surface area contributed by atoms with Gasteiger partial charge in [-0.25, -0.2) is 4.98 Å². The van der Waals surface area contributed by atoms with E-state index in [0.29, 0.717) is 40.7 Å². The molecule has 1 N–H and O–H groups in total. The number of hydrogen-bond acceptors (Lipinski definition) is 6. The Morgan fingerprint density at radius 3 is 2.26 bits per heavy atom. The molecule has 27 heavy (non-hydrogen) atoms. The minimum absolute atomic E-state index is 0.0777. The number of aromatic nitrogens is 4.